The molecule has 0 aromatic heterocycles. The Kier molecular flexibility index (Phi) is 6.35. The van der Waals surface area contributed by atoms with E-state index in [-0.39, 0.29) is 6.42 Å². The molecule has 104 valence electrons. The molecule has 1 atom stereocenters. The summed E-state index contributed by atoms with van der Waals surface area (Å²) in [5.74, 6) is -1.75. The van der Waals surface area contributed by atoms with Crippen molar-refractivity contribution >= 4 is 12.1 Å². The van der Waals surface area contributed by atoms with Gasteiger partial charge in [0.05, 0.1) is 19.2 Å². The van der Waals surface area contributed by atoms with E-state index >= 15 is 0 Å². The number of ether oxygens (including phenoxy) is 2. The fourth-order valence-corrected chi connectivity index (χ4v) is 1.18. The zero-order valence-electron chi connectivity index (χ0n) is 11.4. The van der Waals surface area contributed by atoms with Gasteiger partial charge < -0.3 is 14.8 Å². The van der Waals surface area contributed by atoms with Crippen LogP contribution in [0.2, 0.25) is 0 Å². The predicted octanol–water partition coefficient (Wildman–Crippen LogP) is 1.11. The van der Waals surface area contributed by atoms with E-state index in [1.54, 1.807) is 32.9 Å². The van der Waals surface area contributed by atoms with Crippen molar-refractivity contribution in [3.8, 4) is 12.1 Å². The van der Waals surface area contributed by atoms with Crippen LogP contribution in [0.1, 0.15) is 27.2 Å². The summed E-state index contributed by atoms with van der Waals surface area (Å²) in [6.45, 7) is 5.02. The van der Waals surface area contributed by atoms with Gasteiger partial charge in [0.1, 0.15) is 17.6 Å². The number of hydrogen-bond acceptors (Lipinski definition) is 6. The van der Waals surface area contributed by atoms with Crippen LogP contribution in [-0.4, -0.2) is 30.8 Å². The minimum absolute atomic E-state index is 0.154. The lowest BCUT2D eigenvalue weighted by molar-refractivity contribution is -0.143. The van der Waals surface area contributed by atoms with Gasteiger partial charge in [-0.05, 0) is 20.8 Å². The highest BCUT2D eigenvalue weighted by Crippen LogP contribution is 2.10. The highest BCUT2D eigenvalue weighted by molar-refractivity contribution is 5.81. The third-order valence-electron chi connectivity index (χ3n) is 1.96. The van der Waals surface area contributed by atoms with Crippen molar-refractivity contribution in [3.05, 3.63) is 0 Å². The quantitative estimate of drug-likeness (QED) is 0.763. The first-order valence-electron chi connectivity index (χ1n) is 5.60. The molecule has 0 heterocycles. The van der Waals surface area contributed by atoms with E-state index in [4.69, 9.17) is 15.3 Å². The van der Waals surface area contributed by atoms with Crippen molar-refractivity contribution in [3.63, 3.8) is 0 Å². The van der Waals surface area contributed by atoms with Crippen molar-refractivity contribution in [2.75, 3.05) is 7.11 Å². The Bertz CT molecular complexity index is 400. The van der Waals surface area contributed by atoms with E-state index in [1.807, 2.05) is 0 Å². The highest BCUT2D eigenvalue weighted by atomic mass is 16.6. The van der Waals surface area contributed by atoms with Crippen LogP contribution in [0.15, 0.2) is 0 Å². The van der Waals surface area contributed by atoms with E-state index in [2.05, 4.69) is 10.1 Å². The number of alkyl carbamates (subject to hydrolysis) is 1. The second-order valence-electron chi connectivity index (χ2n) is 4.77. The molecule has 0 rings (SSSR count). The molecule has 7 nitrogen and oxygen atoms in total. The predicted molar refractivity (Wildman–Crippen MR) is 64.5 cm³/mol. The molecule has 0 aromatic rings. The van der Waals surface area contributed by atoms with E-state index < -0.39 is 29.6 Å². The summed E-state index contributed by atoms with van der Waals surface area (Å²) in [7, 11) is 1.15. The van der Waals surface area contributed by atoms with Gasteiger partial charge >= 0.3 is 12.1 Å². The zero-order chi connectivity index (χ0) is 15.1. The SMILES string of the molecule is COC(=O)[C@@H](CC(C#N)C#N)NC(=O)OC(C)(C)C. The second-order valence-corrected chi connectivity index (χ2v) is 4.77. The highest BCUT2D eigenvalue weighted by Gasteiger charge is 2.27. The van der Waals surface area contributed by atoms with Crippen LogP contribution in [0, 0.1) is 28.6 Å². The molecular formula is C12H17N3O4. The Labute approximate surface area is 112 Å². The van der Waals surface area contributed by atoms with Gasteiger partial charge in [-0.15, -0.1) is 0 Å². The third kappa shape index (κ3) is 6.89. The molecule has 0 saturated heterocycles. The van der Waals surface area contributed by atoms with Crippen LogP contribution >= 0.6 is 0 Å². The number of nitriles is 2. The Morgan fingerprint density at radius 2 is 1.79 bits per heavy atom. The molecule has 0 spiro atoms. The smallest absolute Gasteiger partial charge is 0.408 e. The molecule has 0 fully saturated rings. The van der Waals surface area contributed by atoms with Crippen LogP contribution in [0.25, 0.3) is 0 Å². The second kappa shape index (κ2) is 7.22. The number of methoxy groups -OCH3 is 1. The minimum atomic E-state index is -1.09. The van der Waals surface area contributed by atoms with Gasteiger partial charge in [0.15, 0.2) is 0 Å². The summed E-state index contributed by atoms with van der Waals surface area (Å²) < 4.78 is 9.49. The summed E-state index contributed by atoms with van der Waals surface area (Å²) in [4.78, 5) is 23.0. The normalized spacial score (nSPS) is 11.9. The maximum absolute atomic E-state index is 11.5. The van der Waals surface area contributed by atoms with Gasteiger partial charge in [-0.1, -0.05) is 0 Å². The van der Waals surface area contributed by atoms with Crippen molar-refractivity contribution in [2.24, 2.45) is 5.92 Å². The summed E-state index contributed by atoms with van der Waals surface area (Å²) in [6, 6.07) is 2.35. The fraction of sp³-hybridized carbons (Fsp3) is 0.667. The molecule has 0 aliphatic rings. The van der Waals surface area contributed by atoms with Gasteiger partial charge in [0, 0.05) is 6.42 Å². The van der Waals surface area contributed by atoms with Crippen LogP contribution < -0.4 is 5.32 Å². The minimum Gasteiger partial charge on any atom is -0.467 e. The average molecular weight is 267 g/mol. The lowest BCUT2D eigenvalue weighted by Crippen LogP contribution is -2.44. The monoisotopic (exact) mass is 267 g/mol. The molecule has 0 aliphatic carbocycles. The lowest BCUT2D eigenvalue weighted by atomic mass is 10.0. The fourth-order valence-electron chi connectivity index (χ4n) is 1.18. The van der Waals surface area contributed by atoms with Crippen LogP contribution in [0.3, 0.4) is 0 Å². The van der Waals surface area contributed by atoms with Crippen molar-refractivity contribution < 1.29 is 19.1 Å². The third-order valence-corrected chi connectivity index (χ3v) is 1.96. The largest absolute Gasteiger partial charge is 0.467 e. The van der Waals surface area contributed by atoms with E-state index in [1.165, 1.54) is 0 Å². The Hall–Kier alpha value is -2.28. The van der Waals surface area contributed by atoms with Gasteiger partial charge in [0.2, 0.25) is 0 Å². The number of esters is 1. The Balaban J connectivity index is 4.71. The maximum Gasteiger partial charge on any atom is 0.408 e. The van der Waals surface area contributed by atoms with Crippen molar-refractivity contribution in [1.82, 2.24) is 5.32 Å². The van der Waals surface area contributed by atoms with E-state index in [0.717, 1.165) is 7.11 Å². The summed E-state index contributed by atoms with van der Waals surface area (Å²) in [5, 5.41) is 19.6. The van der Waals surface area contributed by atoms with E-state index in [9.17, 15) is 9.59 Å². The first-order valence-corrected chi connectivity index (χ1v) is 5.60. The number of amides is 1. The van der Waals surface area contributed by atoms with Gasteiger partial charge in [-0.25, -0.2) is 9.59 Å². The number of nitrogens with zero attached hydrogens (tertiary/aromatic N) is 2. The summed E-state index contributed by atoms with van der Waals surface area (Å²) in [6.07, 6.45) is -0.962. The Morgan fingerprint density at radius 1 is 1.26 bits per heavy atom. The number of carbonyl (C=O) groups excluding carboxylic acids is 2. The summed E-state index contributed by atoms with van der Waals surface area (Å²) >= 11 is 0. The molecule has 0 aliphatic heterocycles. The average Bonchev–Trinajstić information content (AvgIpc) is 2.31. The van der Waals surface area contributed by atoms with Crippen LogP contribution in [-0.2, 0) is 14.3 Å². The standard InChI is InChI=1S/C12H17N3O4/c1-12(2,3)19-11(17)15-9(10(16)18-4)5-8(6-13)7-14/h8-9H,5H2,1-4H3,(H,15,17)/t9-/m1/s1. The van der Waals surface area contributed by atoms with Gasteiger partial charge in [0.25, 0.3) is 0 Å². The zero-order valence-corrected chi connectivity index (χ0v) is 11.4. The first-order chi connectivity index (χ1) is 8.73. The molecule has 19 heavy (non-hydrogen) atoms. The molecule has 0 bridgehead atoms. The molecule has 0 aromatic carbocycles. The molecule has 1 amide bonds. The number of nitrogens with one attached hydrogen (secondary N) is 1. The molecular weight excluding hydrogens is 250 g/mol. The van der Waals surface area contributed by atoms with Crippen LogP contribution in [0.4, 0.5) is 4.79 Å². The first kappa shape index (κ1) is 16.7. The molecule has 0 radical (unpaired) electrons. The molecule has 0 saturated carbocycles. The van der Waals surface area contributed by atoms with Crippen molar-refractivity contribution in [1.29, 1.82) is 10.5 Å². The van der Waals surface area contributed by atoms with Crippen molar-refractivity contribution in [2.45, 2.75) is 38.8 Å². The molecule has 0 unspecified atom stereocenters. The van der Waals surface area contributed by atoms with Gasteiger partial charge in [-0.2, -0.15) is 10.5 Å². The summed E-state index contributed by atoms with van der Waals surface area (Å²) in [5.41, 5.74) is -0.714. The van der Waals surface area contributed by atoms with Gasteiger partial charge in [-0.3, -0.25) is 0 Å². The van der Waals surface area contributed by atoms with Crippen LogP contribution in [0.5, 0.6) is 0 Å². The van der Waals surface area contributed by atoms with E-state index in [0.29, 0.717) is 0 Å². The topological polar surface area (TPSA) is 112 Å². The lowest BCUT2D eigenvalue weighted by Gasteiger charge is -2.22. The Morgan fingerprint density at radius 3 is 2.16 bits per heavy atom. The number of carbonyl (C=O) groups is 2. The maximum atomic E-state index is 11.5. The molecule has 7 heteroatoms. The molecule has 1 N–H and O–H groups in total. The number of rotatable bonds is 4. The number of hydrogen-bond donors (Lipinski definition) is 1.